The van der Waals surface area contributed by atoms with E-state index in [4.69, 9.17) is 10.7 Å². The Morgan fingerprint density at radius 3 is 1.29 bits per heavy atom. The van der Waals surface area contributed by atoms with Gasteiger partial charge in [-0.2, -0.15) is 0 Å². The summed E-state index contributed by atoms with van der Waals surface area (Å²) in [4.78, 5) is 0. The third kappa shape index (κ3) is 65.9. The van der Waals surface area contributed by atoms with Crippen molar-refractivity contribution in [3.05, 3.63) is 0 Å². The second-order valence-electron chi connectivity index (χ2n) is 0.250. The summed E-state index contributed by atoms with van der Waals surface area (Å²) in [5.41, 5.74) is 0. The third-order valence-electron chi connectivity index (χ3n) is 0. The molecule has 0 N–H and O–H groups in total. The molecule has 0 heterocycles. The molecule has 0 saturated carbocycles. The SMILES string of the molecule is [Ca+2].[Cu+2].[O-2].[O]=[Ti]([O-])[O-]. The van der Waals surface area contributed by atoms with Gasteiger partial charge in [0.15, 0.2) is 0 Å². The molecule has 0 rings (SSSR count). The van der Waals surface area contributed by atoms with E-state index in [1.807, 2.05) is 0 Å². The van der Waals surface area contributed by atoms with Crippen molar-refractivity contribution in [1.29, 1.82) is 0 Å². The van der Waals surface area contributed by atoms with Crippen LogP contribution in [-0.4, -0.2) is 37.7 Å². The van der Waals surface area contributed by atoms with Crippen LogP contribution in [0.15, 0.2) is 0 Å². The predicted molar refractivity (Wildman–Crippen MR) is 7.13 cm³/mol. The van der Waals surface area contributed by atoms with Gasteiger partial charge in [0, 0.05) is 0 Å². The van der Waals surface area contributed by atoms with Crippen molar-refractivity contribution in [1.82, 2.24) is 0 Å². The van der Waals surface area contributed by atoms with Crippen LogP contribution >= 0.6 is 0 Å². The average molecular weight is 215 g/mol. The van der Waals surface area contributed by atoms with E-state index in [2.05, 4.69) is 0 Å². The summed E-state index contributed by atoms with van der Waals surface area (Å²) in [5, 5.41) is 0. The van der Waals surface area contributed by atoms with Gasteiger partial charge in [0.1, 0.15) is 0 Å². The van der Waals surface area contributed by atoms with Crippen LogP contribution in [0.5, 0.6) is 0 Å². The van der Waals surface area contributed by atoms with Gasteiger partial charge in [0.2, 0.25) is 0 Å². The first-order valence-electron chi connectivity index (χ1n) is 0.612. The Morgan fingerprint density at radius 1 is 1.29 bits per heavy atom. The molecule has 7 heavy (non-hydrogen) atoms. The van der Waals surface area contributed by atoms with E-state index in [9.17, 15) is 0 Å². The number of hydrogen-bond acceptors (Lipinski definition) is 3. The fourth-order valence-electron chi connectivity index (χ4n) is 0. The van der Waals surface area contributed by atoms with Crippen molar-refractivity contribution in [2.75, 3.05) is 0 Å². The Labute approximate surface area is 88.2 Å². The third-order valence-corrected chi connectivity index (χ3v) is 0. The van der Waals surface area contributed by atoms with Gasteiger partial charge in [-0.25, -0.2) is 0 Å². The Morgan fingerprint density at radius 2 is 1.29 bits per heavy atom. The molecule has 7 heteroatoms. The molecule has 0 spiro atoms. The molecule has 0 saturated heterocycles. The molecule has 0 aromatic heterocycles. The summed E-state index contributed by atoms with van der Waals surface area (Å²) in [6, 6.07) is 0. The first-order valence-corrected chi connectivity index (χ1v) is 2.52. The molecule has 1 radical (unpaired) electrons. The molecule has 41 valence electrons. The van der Waals surface area contributed by atoms with Gasteiger partial charge in [0.05, 0.1) is 0 Å². The van der Waals surface area contributed by atoms with E-state index < -0.39 is 18.6 Å². The van der Waals surface area contributed by atoms with Gasteiger partial charge in [-0.05, 0) is 0 Å². The molecule has 0 unspecified atom stereocenters. The maximum absolute atomic E-state index is 8.58. The fraction of sp³-hybridized carbons (Fsp3) is 0. The quantitative estimate of drug-likeness (QED) is 0.403. The normalized spacial score (nSPS) is 3.71. The van der Waals surface area contributed by atoms with Crippen LogP contribution in [-0.2, 0) is 44.5 Å². The zero-order valence-corrected chi connectivity index (χ0v) is 7.85. The van der Waals surface area contributed by atoms with Gasteiger partial charge >= 0.3 is 84.1 Å². The zero-order chi connectivity index (χ0) is 3.58. The van der Waals surface area contributed by atoms with Crippen LogP contribution in [0.1, 0.15) is 0 Å². The molecule has 0 atom stereocenters. The standard InChI is InChI=1S/Ca.Cu.4O.Ti/q2*+2;;-2;2*-1;. The number of rotatable bonds is 0. The maximum atomic E-state index is 8.58. The van der Waals surface area contributed by atoms with Crippen LogP contribution in [0.4, 0.5) is 0 Å². The molecule has 0 aromatic rings. The molecule has 0 aliphatic heterocycles. The van der Waals surface area contributed by atoms with Crippen molar-refractivity contribution >= 4 is 37.7 Å². The second-order valence-corrected chi connectivity index (χ2v) is 1.03. The average Bonchev–Trinajstić information content (AvgIpc) is 0.811. The molecule has 0 aliphatic rings. The summed E-state index contributed by atoms with van der Waals surface area (Å²) in [5.74, 6) is 0. The van der Waals surface area contributed by atoms with E-state index >= 15 is 0 Å². The van der Waals surface area contributed by atoms with E-state index in [1.165, 1.54) is 0 Å². The Bertz CT molecular complexity index is 34.7. The Balaban J connectivity index is -0.0000000150. The molecule has 0 bridgehead atoms. The molecule has 0 aliphatic carbocycles. The van der Waals surface area contributed by atoms with E-state index in [-0.39, 0.29) is 60.3 Å². The summed E-state index contributed by atoms with van der Waals surface area (Å²) >= 11 is -4.08. The molecular weight excluding hydrogens is 215 g/mol. The van der Waals surface area contributed by atoms with Crippen LogP contribution < -0.4 is 7.38 Å². The summed E-state index contributed by atoms with van der Waals surface area (Å²) in [6.07, 6.45) is 0. The molecule has 4 nitrogen and oxygen atoms in total. The minimum atomic E-state index is -4.08. The van der Waals surface area contributed by atoms with Crippen molar-refractivity contribution in [3.63, 3.8) is 0 Å². The van der Waals surface area contributed by atoms with Crippen molar-refractivity contribution < 1.29 is 51.9 Å². The minimum absolute atomic E-state index is 0. The van der Waals surface area contributed by atoms with E-state index in [1.54, 1.807) is 0 Å². The first kappa shape index (κ1) is 22.9. The van der Waals surface area contributed by atoms with Crippen molar-refractivity contribution in [2.45, 2.75) is 0 Å². The van der Waals surface area contributed by atoms with Gasteiger partial charge in [0.25, 0.3) is 0 Å². The van der Waals surface area contributed by atoms with Gasteiger partial charge in [-0.15, -0.1) is 0 Å². The second kappa shape index (κ2) is 15.7. The summed E-state index contributed by atoms with van der Waals surface area (Å²) in [7, 11) is 0. The van der Waals surface area contributed by atoms with E-state index in [0.717, 1.165) is 0 Å². The number of hydrogen-bond donors (Lipinski definition) is 0. The predicted octanol–water partition coefficient (Wildman–Crippen LogP) is -3.00. The van der Waals surface area contributed by atoms with Crippen LogP contribution in [0.3, 0.4) is 0 Å². The summed E-state index contributed by atoms with van der Waals surface area (Å²) < 4.78 is 25.8. The van der Waals surface area contributed by atoms with Crippen LogP contribution in [0.25, 0.3) is 0 Å². The fourth-order valence-corrected chi connectivity index (χ4v) is 0. The molecule has 0 fully saturated rings. The van der Waals surface area contributed by atoms with Crippen molar-refractivity contribution in [3.8, 4) is 0 Å². The monoisotopic (exact) mass is 215 g/mol. The van der Waals surface area contributed by atoms with Gasteiger partial charge < -0.3 is 5.48 Å². The Kier molecular flexibility index (Phi) is 51.4. The molecular formula is CaCuO4Ti. The van der Waals surface area contributed by atoms with Crippen LogP contribution in [0, 0.1) is 0 Å². The van der Waals surface area contributed by atoms with Gasteiger partial charge in [-0.1, -0.05) is 0 Å². The van der Waals surface area contributed by atoms with Crippen molar-refractivity contribution in [2.24, 2.45) is 0 Å². The molecule has 0 aromatic carbocycles. The topological polar surface area (TPSA) is 91.7 Å². The summed E-state index contributed by atoms with van der Waals surface area (Å²) in [6.45, 7) is 0. The molecule has 0 amide bonds. The van der Waals surface area contributed by atoms with E-state index in [0.29, 0.717) is 0 Å². The van der Waals surface area contributed by atoms with Crippen LogP contribution in [0.2, 0.25) is 0 Å². The zero-order valence-electron chi connectivity index (χ0n) is 3.14. The van der Waals surface area contributed by atoms with Gasteiger partial charge in [-0.3, -0.25) is 0 Å². The Hall–Kier alpha value is 2.17. The first-order chi connectivity index (χ1) is 1.73.